The number of aliphatic hydroxyl groups is 1. The van der Waals surface area contributed by atoms with Gasteiger partial charge in [0, 0.05) is 36.1 Å². The lowest BCUT2D eigenvalue weighted by atomic mass is 9.94. The predicted octanol–water partition coefficient (Wildman–Crippen LogP) is 2.62. The van der Waals surface area contributed by atoms with Gasteiger partial charge in [0.15, 0.2) is 11.4 Å². The Labute approximate surface area is 161 Å². The Hall–Kier alpha value is -2.09. The number of aromatic nitrogens is 2. The van der Waals surface area contributed by atoms with Crippen LogP contribution in [0.3, 0.4) is 0 Å². The first-order valence-electron chi connectivity index (χ1n) is 9.46. The van der Waals surface area contributed by atoms with Crippen LogP contribution in [-0.4, -0.2) is 53.9 Å². The summed E-state index contributed by atoms with van der Waals surface area (Å²) >= 11 is 6.20. The van der Waals surface area contributed by atoms with E-state index in [2.05, 4.69) is 20.5 Å². The van der Waals surface area contributed by atoms with Crippen LogP contribution >= 0.6 is 11.6 Å². The molecule has 5 rings (SSSR count). The number of aliphatic hydroxyl groups excluding tert-OH is 1. The normalized spacial score (nSPS) is 22.5. The minimum Gasteiger partial charge on any atom is -0.450 e. The molecule has 0 unspecified atom stereocenters. The van der Waals surface area contributed by atoms with Crippen molar-refractivity contribution >= 4 is 45.4 Å². The number of furan rings is 1. The standard InChI is InChI=1S/C19H22ClN5O2/c20-12-3-4-15-13(8-12)16-17(27-15)18(24-19(23-16)22-6-7-26)25-9-11-2-1-5-21-14(11)10-25/h3-4,8,11,14,21,26H,1-2,5-7,9-10H2,(H,22,23,24)/t11-,14+/m0/s1. The van der Waals surface area contributed by atoms with Gasteiger partial charge in [0.2, 0.25) is 5.95 Å². The number of nitrogens with zero attached hydrogens (tertiary/aromatic N) is 3. The number of piperidine rings is 1. The first-order chi connectivity index (χ1) is 13.2. The molecule has 8 heteroatoms. The molecule has 142 valence electrons. The van der Waals surface area contributed by atoms with Crippen LogP contribution < -0.4 is 15.5 Å². The molecule has 3 aromatic rings. The molecule has 4 heterocycles. The number of fused-ring (bicyclic) bond motifs is 4. The molecule has 2 saturated heterocycles. The Morgan fingerprint density at radius 1 is 1.33 bits per heavy atom. The van der Waals surface area contributed by atoms with Gasteiger partial charge in [-0.15, -0.1) is 0 Å². The van der Waals surface area contributed by atoms with Gasteiger partial charge < -0.3 is 25.1 Å². The van der Waals surface area contributed by atoms with Gasteiger partial charge in [-0.05, 0) is 43.5 Å². The third-order valence-electron chi connectivity index (χ3n) is 5.55. The van der Waals surface area contributed by atoms with Crippen LogP contribution in [0.2, 0.25) is 5.02 Å². The molecule has 3 N–H and O–H groups in total. The Morgan fingerprint density at radius 2 is 2.26 bits per heavy atom. The molecule has 2 aliphatic rings. The van der Waals surface area contributed by atoms with E-state index in [-0.39, 0.29) is 6.61 Å². The summed E-state index contributed by atoms with van der Waals surface area (Å²) in [6, 6.07) is 6.06. The van der Waals surface area contributed by atoms with Crippen molar-refractivity contribution in [3.8, 4) is 0 Å². The number of anilines is 2. The third-order valence-corrected chi connectivity index (χ3v) is 5.79. The van der Waals surface area contributed by atoms with Crippen molar-refractivity contribution in [1.82, 2.24) is 15.3 Å². The second kappa shape index (κ2) is 6.82. The fourth-order valence-electron chi connectivity index (χ4n) is 4.28. The lowest BCUT2D eigenvalue weighted by molar-refractivity contribution is 0.311. The van der Waals surface area contributed by atoms with E-state index in [0.717, 1.165) is 41.9 Å². The maximum Gasteiger partial charge on any atom is 0.225 e. The zero-order valence-corrected chi connectivity index (χ0v) is 15.7. The van der Waals surface area contributed by atoms with Gasteiger partial charge in [-0.3, -0.25) is 0 Å². The minimum absolute atomic E-state index is 0.0203. The van der Waals surface area contributed by atoms with Gasteiger partial charge in [-0.2, -0.15) is 4.98 Å². The van der Waals surface area contributed by atoms with Gasteiger partial charge in [0.05, 0.1) is 6.61 Å². The Bertz CT molecular complexity index is 977. The van der Waals surface area contributed by atoms with E-state index in [4.69, 9.17) is 26.1 Å². The summed E-state index contributed by atoms with van der Waals surface area (Å²) in [5.74, 6) is 1.94. The Morgan fingerprint density at radius 3 is 3.11 bits per heavy atom. The molecule has 0 radical (unpaired) electrons. The topological polar surface area (TPSA) is 86.5 Å². The van der Waals surface area contributed by atoms with Crippen LogP contribution in [0.25, 0.3) is 22.1 Å². The van der Waals surface area contributed by atoms with Crippen molar-refractivity contribution < 1.29 is 9.52 Å². The van der Waals surface area contributed by atoms with Crippen molar-refractivity contribution in [2.45, 2.75) is 18.9 Å². The monoisotopic (exact) mass is 387 g/mol. The highest BCUT2D eigenvalue weighted by molar-refractivity contribution is 6.31. The number of hydrogen-bond acceptors (Lipinski definition) is 7. The van der Waals surface area contributed by atoms with Gasteiger partial charge in [0.1, 0.15) is 11.1 Å². The van der Waals surface area contributed by atoms with Crippen LogP contribution in [0, 0.1) is 5.92 Å². The summed E-state index contributed by atoms with van der Waals surface area (Å²) in [6.07, 6.45) is 2.47. The van der Waals surface area contributed by atoms with Crippen molar-refractivity contribution in [2.75, 3.05) is 43.0 Å². The van der Waals surface area contributed by atoms with Gasteiger partial charge >= 0.3 is 0 Å². The van der Waals surface area contributed by atoms with Crippen LogP contribution in [-0.2, 0) is 0 Å². The second-order valence-corrected chi connectivity index (χ2v) is 7.75. The smallest absolute Gasteiger partial charge is 0.225 e. The molecule has 27 heavy (non-hydrogen) atoms. The fourth-order valence-corrected chi connectivity index (χ4v) is 4.45. The van der Waals surface area contributed by atoms with E-state index in [1.54, 1.807) is 0 Å². The quantitative estimate of drug-likeness (QED) is 0.634. The summed E-state index contributed by atoms with van der Waals surface area (Å²) in [7, 11) is 0. The highest BCUT2D eigenvalue weighted by Crippen LogP contribution is 2.37. The van der Waals surface area contributed by atoms with Crippen molar-refractivity contribution in [1.29, 1.82) is 0 Å². The zero-order valence-electron chi connectivity index (χ0n) is 14.9. The Kier molecular flexibility index (Phi) is 4.30. The van der Waals surface area contributed by atoms with Crippen LogP contribution in [0.5, 0.6) is 0 Å². The molecule has 0 amide bonds. The maximum absolute atomic E-state index is 9.16. The summed E-state index contributed by atoms with van der Waals surface area (Å²) in [5.41, 5.74) is 2.19. The van der Waals surface area contributed by atoms with Gasteiger partial charge in [-0.1, -0.05) is 11.6 Å². The number of nitrogens with one attached hydrogen (secondary N) is 2. The fraction of sp³-hybridized carbons (Fsp3) is 0.474. The number of rotatable bonds is 4. The van der Waals surface area contributed by atoms with Crippen molar-refractivity contribution in [3.63, 3.8) is 0 Å². The highest BCUT2D eigenvalue weighted by Gasteiger charge is 2.36. The van der Waals surface area contributed by atoms with E-state index in [1.807, 2.05) is 18.2 Å². The van der Waals surface area contributed by atoms with Crippen molar-refractivity contribution in [3.05, 3.63) is 23.2 Å². The highest BCUT2D eigenvalue weighted by atomic mass is 35.5. The average Bonchev–Trinajstić information content (AvgIpc) is 3.27. The summed E-state index contributed by atoms with van der Waals surface area (Å²) < 4.78 is 6.14. The number of halogens is 1. The molecular weight excluding hydrogens is 366 g/mol. The minimum atomic E-state index is 0.0203. The predicted molar refractivity (Wildman–Crippen MR) is 107 cm³/mol. The molecule has 2 aromatic heterocycles. The molecule has 0 saturated carbocycles. The maximum atomic E-state index is 9.16. The number of benzene rings is 1. The molecule has 0 bridgehead atoms. The van der Waals surface area contributed by atoms with E-state index >= 15 is 0 Å². The molecule has 1 aromatic carbocycles. The lowest BCUT2D eigenvalue weighted by Gasteiger charge is -2.24. The SMILES string of the molecule is OCCNc1nc(N2C[C@@H]3CCCN[C@@H]3C2)c2oc3ccc(Cl)cc3c2n1. The Balaban J connectivity index is 1.64. The van der Waals surface area contributed by atoms with Crippen LogP contribution in [0.4, 0.5) is 11.8 Å². The second-order valence-electron chi connectivity index (χ2n) is 7.31. The van der Waals surface area contributed by atoms with Gasteiger partial charge in [-0.25, -0.2) is 4.98 Å². The summed E-state index contributed by atoms with van der Waals surface area (Å²) in [5, 5.41) is 17.4. The largest absolute Gasteiger partial charge is 0.450 e. The summed E-state index contributed by atoms with van der Waals surface area (Å²) in [6.45, 7) is 3.37. The van der Waals surface area contributed by atoms with E-state index in [1.165, 1.54) is 12.8 Å². The molecule has 0 aliphatic carbocycles. The molecular formula is C19H22ClN5O2. The van der Waals surface area contributed by atoms with E-state index in [0.29, 0.717) is 35.1 Å². The van der Waals surface area contributed by atoms with Crippen molar-refractivity contribution in [2.24, 2.45) is 5.92 Å². The molecule has 7 nitrogen and oxygen atoms in total. The first-order valence-corrected chi connectivity index (χ1v) is 9.83. The molecule has 2 fully saturated rings. The lowest BCUT2D eigenvalue weighted by Crippen LogP contribution is -2.40. The third kappa shape index (κ3) is 2.99. The van der Waals surface area contributed by atoms with E-state index < -0.39 is 0 Å². The molecule has 2 atom stereocenters. The first kappa shape index (κ1) is 17.0. The average molecular weight is 388 g/mol. The number of hydrogen-bond donors (Lipinski definition) is 3. The molecule has 2 aliphatic heterocycles. The zero-order chi connectivity index (χ0) is 18.4. The van der Waals surface area contributed by atoms with E-state index in [9.17, 15) is 0 Å². The summed E-state index contributed by atoms with van der Waals surface area (Å²) in [4.78, 5) is 11.7. The molecule has 0 spiro atoms. The van der Waals surface area contributed by atoms with Crippen LogP contribution in [0.1, 0.15) is 12.8 Å². The van der Waals surface area contributed by atoms with Gasteiger partial charge in [0.25, 0.3) is 0 Å². The van der Waals surface area contributed by atoms with Crippen LogP contribution in [0.15, 0.2) is 22.6 Å².